The Kier molecular flexibility index (Phi) is 7.57. The van der Waals surface area contributed by atoms with Crippen LogP contribution in [0.1, 0.15) is 29.8 Å². The number of amides is 3. The largest absolute Gasteiger partial charge is 0.483 e. The first-order chi connectivity index (χ1) is 13.3. The lowest BCUT2D eigenvalue weighted by Crippen LogP contribution is -2.43. The molecule has 2 aromatic rings. The van der Waals surface area contributed by atoms with E-state index in [1.54, 1.807) is 44.2 Å². The number of aryl methyl sites for hydroxylation is 1. The second-order valence-electron chi connectivity index (χ2n) is 6.45. The van der Waals surface area contributed by atoms with E-state index in [1.165, 1.54) is 0 Å². The molecule has 0 aromatic heterocycles. The maximum atomic E-state index is 12.1. The lowest BCUT2D eigenvalue weighted by atomic mass is 10.1. The summed E-state index contributed by atoms with van der Waals surface area (Å²) in [6, 6.07) is 11.8. The van der Waals surface area contributed by atoms with Gasteiger partial charge in [0.05, 0.1) is 4.47 Å². The van der Waals surface area contributed by atoms with Gasteiger partial charge in [0.2, 0.25) is 5.91 Å². The van der Waals surface area contributed by atoms with E-state index in [1.807, 2.05) is 19.1 Å². The summed E-state index contributed by atoms with van der Waals surface area (Å²) in [5, 5.41) is 2.74. The number of halogens is 1. The summed E-state index contributed by atoms with van der Waals surface area (Å²) >= 11 is 3.37. The van der Waals surface area contributed by atoms with Crippen molar-refractivity contribution in [3.63, 3.8) is 0 Å². The number of hydrogen-bond acceptors (Lipinski definition) is 4. The van der Waals surface area contributed by atoms with Gasteiger partial charge in [-0.2, -0.15) is 0 Å². The zero-order valence-electron chi connectivity index (χ0n) is 15.8. The normalized spacial score (nSPS) is 10.3. The van der Waals surface area contributed by atoms with Crippen LogP contribution in [0.4, 0.5) is 5.69 Å². The van der Waals surface area contributed by atoms with Crippen LogP contribution in [-0.4, -0.2) is 24.3 Å². The Morgan fingerprint density at radius 2 is 1.71 bits per heavy atom. The van der Waals surface area contributed by atoms with E-state index in [2.05, 4.69) is 32.1 Å². The lowest BCUT2D eigenvalue weighted by molar-refractivity contribution is -0.124. The molecule has 0 spiro atoms. The number of carbonyl (C=O) groups excluding carboxylic acids is 3. The van der Waals surface area contributed by atoms with E-state index in [0.717, 1.165) is 10.0 Å². The van der Waals surface area contributed by atoms with Crippen molar-refractivity contribution in [1.82, 2.24) is 10.9 Å². The highest BCUT2D eigenvalue weighted by Gasteiger charge is 2.11. The molecule has 148 valence electrons. The highest BCUT2D eigenvalue weighted by Crippen LogP contribution is 2.25. The molecule has 8 heteroatoms. The molecule has 28 heavy (non-hydrogen) atoms. The molecule has 0 aliphatic heterocycles. The fraction of sp³-hybridized carbons (Fsp3) is 0.250. The molecule has 0 aliphatic rings. The summed E-state index contributed by atoms with van der Waals surface area (Å²) < 4.78 is 6.16. The van der Waals surface area contributed by atoms with Crippen molar-refractivity contribution in [3.05, 3.63) is 58.1 Å². The molecule has 0 fully saturated rings. The van der Waals surface area contributed by atoms with E-state index in [4.69, 9.17) is 4.74 Å². The SMILES string of the molecule is Cc1ccc(OCC(=O)NNC(=O)c2ccc(NC(=O)C(C)C)cc2)c(Br)c1. The van der Waals surface area contributed by atoms with Gasteiger partial charge >= 0.3 is 0 Å². The minimum Gasteiger partial charge on any atom is -0.483 e. The smallest absolute Gasteiger partial charge is 0.276 e. The van der Waals surface area contributed by atoms with Gasteiger partial charge in [-0.1, -0.05) is 19.9 Å². The Morgan fingerprint density at radius 1 is 1.04 bits per heavy atom. The van der Waals surface area contributed by atoms with Crippen LogP contribution in [-0.2, 0) is 9.59 Å². The number of hydrogen-bond donors (Lipinski definition) is 3. The molecular weight excluding hydrogens is 426 g/mol. The van der Waals surface area contributed by atoms with Crippen LogP contribution in [0.2, 0.25) is 0 Å². The van der Waals surface area contributed by atoms with Crippen molar-refractivity contribution in [2.24, 2.45) is 5.92 Å². The average Bonchev–Trinajstić information content (AvgIpc) is 2.65. The van der Waals surface area contributed by atoms with E-state index in [0.29, 0.717) is 17.0 Å². The number of nitrogens with one attached hydrogen (secondary N) is 3. The highest BCUT2D eigenvalue weighted by atomic mass is 79.9. The topological polar surface area (TPSA) is 96.5 Å². The van der Waals surface area contributed by atoms with E-state index >= 15 is 0 Å². The Labute approximate surface area is 171 Å². The fourth-order valence-electron chi connectivity index (χ4n) is 2.09. The predicted octanol–water partition coefficient (Wildman–Crippen LogP) is 3.19. The van der Waals surface area contributed by atoms with Crippen LogP contribution < -0.4 is 20.9 Å². The molecule has 0 bridgehead atoms. The van der Waals surface area contributed by atoms with Gasteiger partial charge in [-0.3, -0.25) is 25.2 Å². The first kappa shape index (κ1) is 21.4. The van der Waals surface area contributed by atoms with E-state index in [-0.39, 0.29) is 18.4 Å². The van der Waals surface area contributed by atoms with Gasteiger partial charge in [0.25, 0.3) is 11.8 Å². The molecule has 3 N–H and O–H groups in total. The van der Waals surface area contributed by atoms with Crippen molar-refractivity contribution < 1.29 is 19.1 Å². The maximum Gasteiger partial charge on any atom is 0.276 e. The van der Waals surface area contributed by atoms with Crippen LogP contribution in [0.3, 0.4) is 0 Å². The number of benzene rings is 2. The molecule has 0 heterocycles. The maximum absolute atomic E-state index is 12.1. The quantitative estimate of drug-likeness (QED) is 0.592. The van der Waals surface area contributed by atoms with E-state index in [9.17, 15) is 14.4 Å². The second-order valence-corrected chi connectivity index (χ2v) is 7.30. The summed E-state index contributed by atoms with van der Waals surface area (Å²) in [6.07, 6.45) is 0. The zero-order valence-corrected chi connectivity index (χ0v) is 17.4. The molecule has 3 amide bonds. The summed E-state index contributed by atoms with van der Waals surface area (Å²) in [6.45, 7) is 5.28. The molecule has 0 unspecified atom stereocenters. The Balaban J connectivity index is 1.81. The van der Waals surface area contributed by atoms with Gasteiger partial charge in [-0.05, 0) is 64.8 Å². The van der Waals surface area contributed by atoms with Crippen molar-refractivity contribution >= 4 is 39.3 Å². The summed E-state index contributed by atoms with van der Waals surface area (Å²) in [7, 11) is 0. The number of anilines is 1. The third-order valence-corrected chi connectivity index (χ3v) is 4.32. The van der Waals surface area contributed by atoms with Crippen molar-refractivity contribution in [1.29, 1.82) is 0 Å². The van der Waals surface area contributed by atoms with Crippen molar-refractivity contribution in [2.75, 3.05) is 11.9 Å². The zero-order chi connectivity index (χ0) is 20.7. The van der Waals surface area contributed by atoms with Crippen LogP contribution in [0.25, 0.3) is 0 Å². The third-order valence-electron chi connectivity index (χ3n) is 3.70. The number of rotatable bonds is 6. The molecule has 0 atom stereocenters. The Morgan fingerprint density at radius 3 is 2.32 bits per heavy atom. The molecular formula is C20H22BrN3O4. The molecule has 2 rings (SSSR count). The summed E-state index contributed by atoms with van der Waals surface area (Å²) in [4.78, 5) is 35.6. The first-order valence-electron chi connectivity index (χ1n) is 8.65. The summed E-state index contributed by atoms with van der Waals surface area (Å²) in [5.74, 6) is -0.690. The minimum absolute atomic E-state index is 0.107. The Bertz CT molecular complexity index is 866. The first-order valence-corrected chi connectivity index (χ1v) is 9.44. The molecule has 7 nitrogen and oxygen atoms in total. The lowest BCUT2D eigenvalue weighted by Gasteiger charge is -2.11. The molecule has 2 aromatic carbocycles. The van der Waals surface area contributed by atoms with Gasteiger partial charge in [0.1, 0.15) is 5.75 Å². The van der Waals surface area contributed by atoms with Crippen molar-refractivity contribution in [2.45, 2.75) is 20.8 Å². The molecule has 0 aliphatic carbocycles. The van der Waals surface area contributed by atoms with Crippen LogP contribution in [0.15, 0.2) is 46.9 Å². The third kappa shape index (κ3) is 6.38. The molecule has 0 saturated carbocycles. The number of carbonyl (C=O) groups is 3. The van der Waals surface area contributed by atoms with Crippen molar-refractivity contribution in [3.8, 4) is 5.75 Å². The van der Waals surface area contributed by atoms with Gasteiger partial charge in [-0.15, -0.1) is 0 Å². The summed E-state index contributed by atoms with van der Waals surface area (Å²) in [5.41, 5.74) is 6.61. The standard InChI is InChI=1S/C20H22BrN3O4/c1-12(2)19(26)22-15-7-5-14(6-8-15)20(27)24-23-18(25)11-28-17-9-4-13(3)10-16(17)21/h4-10,12H,11H2,1-3H3,(H,22,26)(H,23,25)(H,24,27). The van der Waals surface area contributed by atoms with Gasteiger partial charge < -0.3 is 10.1 Å². The number of ether oxygens (including phenoxy) is 1. The van der Waals surface area contributed by atoms with Gasteiger partial charge in [0.15, 0.2) is 6.61 Å². The average molecular weight is 448 g/mol. The number of hydrazine groups is 1. The highest BCUT2D eigenvalue weighted by molar-refractivity contribution is 9.10. The second kappa shape index (κ2) is 9.89. The molecule has 0 saturated heterocycles. The van der Waals surface area contributed by atoms with Crippen LogP contribution in [0, 0.1) is 12.8 Å². The Hall–Kier alpha value is -2.87. The fourth-order valence-corrected chi connectivity index (χ4v) is 2.70. The van der Waals surface area contributed by atoms with Gasteiger partial charge in [-0.25, -0.2) is 0 Å². The predicted molar refractivity (Wildman–Crippen MR) is 110 cm³/mol. The van der Waals surface area contributed by atoms with Crippen LogP contribution in [0.5, 0.6) is 5.75 Å². The monoisotopic (exact) mass is 447 g/mol. The van der Waals surface area contributed by atoms with Gasteiger partial charge in [0, 0.05) is 17.2 Å². The van der Waals surface area contributed by atoms with Crippen LogP contribution >= 0.6 is 15.9 Å². The molecule has 0 radical (unpaired) electrons. The van der Waals surface area contributed by atoms with E-state index < -0.39 is 11.8 Å². The minimum atomic E-state index is -0.498.